The first-order chi connectivity index (χ1) is 22.1. The molecule has 4 amide bonds. The molecule has 0 aromatic heterocycles. The normalized spacial score (nSPS) is 29.2. The standard InChI is InChI=1S/C33H44N2O11/c1-4-5-6-7-8-15-27(39)42-19-12-11-13-23-30(46-33(41)34-22(3)36)32-31(44-23)29-24(43-29)18-17-21(2)20-26(38)35-25(37)14-9-10-16-28(40)45-32/h9-11,13-14,16,20,23-24,29-32H,4-8,12,15,17-19H2,1-3H3,(H,34,36,41)(H,35,37,38)/b13-11+,14-9+,16-10-,21-20-/t23-,24-,29-,30+,31+,32+/m1/s1. The number of unbranched alkanes of at least 4 members (excludes halogenated alkanes) is 4. The molecule has 6 atom stereocenters. The number of hydrogen-bond donors (Lipinski definition) is 2. The Hall–Kier alpha value is -4.10. The second kappa shape index (κ2) is 18.8. The van der Waals surface area contributed by atoms with Crippen molar-refractivity contribution < 1.29 is 52.5 Å². The van der Waals surface area contributed by atoms with Crippen molar-refractivity contribution in [1.29, 1.82) is 0 Å². The summed E-state index contributed by atoms with van der Waals surface area (Å²) in [4.78, 5) is 73.0. The van der Waals surface area contributed by atoms with E-state index in [9.17, 15) is 28.8 Å². The van der Waals surface area contributed by atoms with Crippen LogP contribution in [0.3, 0.4) is 0 Å². The lowest BCUT2D eigenvalue weighted by atomic mass is 10.0. The van der Waals surface area contributed by atoms with Crippen LogP contribution < -0.4 is 10.6 Å². The number of carbonyl (C=O) groups excluding carboxylic acids is 6. The molecule has 0 saturated carbocycles. The van der Waals surface area contributed by atoms with E-state index in [0.717, 1.165) is 56.8 Å². The van der Waals surface area contributed by atoms with Crippen LogP contribution in [0.5, 0.6) is 0 Å². The summed E-state index contributed by atoms with van der Waals surface area (Å²) in [6.07, 6.45) is 10.3. The molecule has 0 unspecified atom stereocenters. The first kappa shape index (κ1) is 36.4. The Kier molecular flexibility index (Phi) is 14.8. The average Bonchev–Trinajstić information content (AvgIpc) is 3.69. The lowest BCUT2D eigenvalue weighted by molar-refractivity contribution is -0.150. The van der Waals surface area contributed by atoms with E-state index in [2.05, 4.69) is 12.2 Å². The smallest absolute Gasteiger partial charge is 0.414 e. The molecule has 3 aliphatic rings. The van der Waals surface area contributed by atoms with Gasteiger partial charge in [-0.25, -0.2) is 9.59 Å². The summed E-state index contributed by atoms with van der Waals surface area (Å²) in [5.41, 5.74) is 0.725. The highest BCUT2D eigenvalue weighted by atomic mass is 16.7. The lowest BCUT2D eigenvalue weighted by Gasteiger charge is -2.23. The topological polar surface area (TPSA) is 176 Å². The molecule has 2 fully saturated rings. The molecule has 0 aliphatic carbocycles. The third-order valence-electron chi connectivity index (χ3n) is 7.40. The van der Waals surface area contributed by atoms with Gasteiger partial charge in [-0.05, 0) is 32.6 Å². The summed E-state index contributed by atoms with van der Waals surface area (Å²) < 4.78 is 28.7. The molecular formula is C33H44N2O11. The van der Waals surface area contributed by atoms with E-state index in [0.29, 0.717) is 25.7 Å². The Bertz CT molecular complexity index is 1240. The number of imide groups is 2. The van der Waals surface area contributed by atoms with E-state index < -0.39 is 60.3 Å². The zero-order valence-electron chi connectivity index (χ0n) is 26.6. The zero-order chi connectivity index (χ0) is 33.5. The largest absolute Gasteiger partial charge is 0.465 e. The van der Waals surface area contributed by atoms with Crippen molar-refractivity contribution in [3.05, 3.63) is 48.1 Å². The van der Waals surface area contributed by atoms with Crippen LogP contribution in [0.25, 0.3) is 0 Å². The molecule has 2 saturated heterocycles. The van der Waals surface area contributed by atoms with Gasteiger partial charge in [-0.1, -0.05) is 62.5 Å². The fourth-order valence-corrected chi connectivity index (χ4v) is 5.10. The van der Waals surface area contributed by atoms with Gasteiger partial charge in [0.15, 0.2) is 12.2 Å². The van der Waals surface area contributed by atoms with E-state index in [1.807, 2.05) is 5.32 Å². The molecule has 46 heavy (non-hydrogen) atoms. The quantitative estimate of drug-likeness (QED) is 0.0842. The van der Waals surface area contributed by atoms with Crippen LogP contribution >= 0.6 is 0 Å². The second-order valence-electron chi connectivity index (χ2n) is 11.4. The van der Waals surface area contributed by atoms with Crippen molar-refractivity contribution in [2.75, 3.05) is 6.61 Å². The predicted octanol–water partition coefficient (Wildman–Crippen LogP) is 3.42. The molecule has 0 spiro atoms. The van der Waals surface area contributed by atoms with Crippen LogP contribution in [0.4, 0.5) is 4.79 Å². The average molecular weight is 645 g/mol. The Labute approximate surface area is 268 Å². The first-order valence-electron chi connectivity index (χ1n) is 15.8. The molecule has 3 aliphatic heterocycles. The van der Waals surface area contributed by atoms with Crippen molar-refractivity contribution in [2.24, 2.45) is 0 Å². The number of nitrogens with one attached hydrogen (secondary N) is 2. The highest BCUT2D eigenvalue weighted by Gasteiger charge is 2.58. The molecule has 0 bridgehead atoms. The van der Waals surface area contributed by atoms with Crippen LogP contribution in [-0.4, -0.2) is 79.0 Å². The van der Waals surface area contributed by atoms with E-state index >= 15 is 0 Å². The summed E-state index contributed by atoms with van der Waals surface area (Å²) in [5, 5.41) is 4.25. The van der Waals surface area contributed by atoms with Gasteiger partial charge in [0.2, 0.25) is 5.91 Å². The fourth-order valence-electron chi connectivity index (χ4n) is 5.10. The van der Waals surface area contributed by atoms with Crippen molar-refractivity contribution in [1.82, 2.24) is 10.6 Å². The number of amides is 4. The Morgan fingerprint density at radius 2 is 1.76 bits per heavy atom. The zero-order valence-corrected chi connectivity index (χ0v) is 26.6. The van der Waals surface area contributed by atoms with Gasteiger partial charge < -0.3 is 23.7 Å². The predicted molar refractivity (Wildman–Crippen MR) is 164 cm³/mol. The van der Waals surface area contributed by atoms with Gasteiger partial charge in [0.05, 0.1) is 12.7 Å². The molecule has 2 N–H and O–H groups in total. The molecule has 252 valence electrons. The second-order valence-corrected chi connectivity index (χ2v) is 11.4. The number of epoxide rings is 1. The fraction of sp³-hybridized carbons (Fsp3) is 0.576. The SMILES string of the molecule is CCCCCCCC(=O)OCC/C=C/[C@H]1O[C@@H]2[C@@H](OC(=O)/C=C\C=C\C(=O)NC(=O)/C=C(/C)CC[C@H]3O[C@@H]23)[C@H]1OC(=O)NC(C)=O. The maximum absolute atomic E-state index is 12.8. The van der Waals surface area contributed by atoms with Gasteiger partial charge in [-0.3, -0.25) is 29.8 Å². The van der Waals surface area contributed by atoms with E-state index in [1.54, 1.807) is 19.1 Å². The summed E-state index contributed by atoms with van der Waals surface area (Å²) in [6.45, 7) is 5.19. The first-order valence-corrected chi connectivity index (χ1v) is 15.8. The number of carbonyl (C=O) groups is 6. The maximum Gasteiger partial charge on any atom is 0.414 e. The van der Waals surface area contributed by atoms with Gasteiger partial charge in [0, 0.05) is 31.6 Å². The number of esters is 2. The van der Waals surface area contributed by atoms with E-state index in [4.69, 9.17) is 23.7 Å². The van der Waals surface area contributed by atoms with E-state index in [1.165, 1.54) is 18.2 Å². The Morgan fingerprint density at radius 3 is 2.52 bits per heavy atom. The number of alkyl carbamates (subject to hydrolysis) is 1. The minimum Gasteiger partial charge on any atom is -0.465 e. The molecule has 0 aromatic rings. The highest BCUT2D eigenvalue weighted by Crippen LogP contribution is 2.40. The van der Waals surface area contributed by atoms with Crippen molar-refractivity contribution in [2.45, 2.75) is 115 Å². The summed E-state index contributed by atoms with van der Waals surface area (Å²) >= 11 is 0. The summed E-state index contributed by atoms with van der Waals surface area (Å²) in [5.74, 6) is -2.95. The molecular weight excluding hydrogens is 600 g/mol. The Morgan fingerprint density at radius 1 is 1.00 bits per heavy atom. The van der Waals surface area contributed by atoms with Crippen molar-refractivity contribution in [3.63, 3.8) is 0 Å². The van der Waals surface area contributed by atoms with Gasteiger partial charge in [-0.15, -0.1) is 0 Å². The third-order valence-corrected chi connectivity index (χ3v) is 7.40. The van der Waals surface area contributed by atoms with Crippen LogP contribution in [0, 0.1) is 0 Å². The number of rotatable bonds is 11. The van der Waals surface area contributed by atoms with Crippen LogP contribution in [0.2, 0.25) is 0 Å². The van der Waals surface area contributed by atoms with Crippen molar-refractivity contribution in [3.8, 4) is 0 Å². The number of fused-ring (bicyclic) bond motifs is 3. The van der Waals surface area contributed by atoms with Gasteiger partial charge in [0.25, 0.3) is 11.8 Å². The number of ether oxygens (including phenoxy) is 5. The minimum atomic E-state index is -1.16. The highest BCUT2D eigenvalue weighted by molar-refractivity contribution is 6.05. The summed E-state index contributed by atoms with van der Waals surface area (Å²) in [6, 6.07) is 0. The van der Waals surface area contributed by atoms with Crippen LogP contribution in [0.1, 0.15) is 78.6 Å². The van der Waals surface area contributed by atoms with Gasteiger partial charge >= 0.3 is 18.0 Å². The third kappa shape index (κ3) is 12.7. The molecule has 0 radical (unpaired) electrons. The maximum atomic E-state index is 12.8. The Balaban J connectivity index is 1.73. The number of hydrogen-bond acceptors (Lipinski definition) is 11. The van der Waals surface area contributed by atoms with E-state index in [-0.39, 0.29) is 18.7 Å². The van der Waals surface area contributed by atoms with Crippen LogP contribution in [0.15, 0.2) is 48.1 Å². The summed E-state index contributed by atoms with van der Waals surface area (Å²) in [7, 11) is 0. The number of allylic oxidation sites excluding steroid dienone is 3. The van der Waals surface area contributed by atoms with Gasteiger partial charge in [0.1, 0.15) is 18.3 Å². The molecule has 13 nitrogen and oxygen atoms in total. The van der Waals surface area contributed by atoms with Crippen LogP contribution in [-0.2, 0) is 47.7 Å². The molecule has 0 aromatic carbocycles. The molecule has 13 heteroatoms. The molecule has 3 rings (SSSR count). The molecule has 3 heterocycles. The van der Waals surface area contributed by atoms with Gasteiger partial charge in [-0.2, -0.15) is 0 Å². The monoisotopic (exact) mass is 644 g/mol. The van der Waals surface area contributed by atoms with Crippen molar-refractivity contribution >= 4 is 35.8 Å². The minimum absolute atomic E-state index is 0.148. The lowest BCUT2D eigenvalue weighted by Crippen LogP contribution is -2.44.